The van der Waals surface area contributed by atoms with Gasteiger partial charge in [0.05, 0.1) is 0 Å². The van der Waals surface area contributed by atoms with Gasteiger partial charge in [-0.25, -0.2) is 4.98 Å². The van der Waals surface area contributed by atoms with E-state index in [9.17, 15) is 4.79 Å². The van der Waals surface area contributed by atoms with Gasteiger partial charge in [-0.2, -0.15) is 0 Å². The molecule has 2 N–H and O–H groups in total. The summed E-state index contributed by atoms with van der Waals surface area (Å²) in [6, 6.07) is 78.7. The second-order valence-electron chi connectivity index (χ2n) is 20.9. The molecule has 0 saturated carbocycles. The SMILES string of the molecule is O=C(NC1C(=O)N2CC(SCC3CCOCC3)(C(=O)OC(c3ccccc3)c3ccccc3)CS[C@H]12)C(=NOC(c1ccccc1)(c1ccccc1)c1ccccc1)c1csc(NC(c2ccccc2)(c2ccccc2)c2ccccc2)n1. The van der Waals surface area contributed by atoms with E-state index in [0.717, 1.165) is 57.3 Å². The Kier molecular flexibility index (Phi) is 16.7. The van der Waals surface area contributed by atoms with Crippen molar-refractivity contribution in [2.45, 2.75) is 46.2 Å². The summed E-state index contributed by atoms with van der Waals surface area (Å²) < 4.78 is 11.2. The molecule has 416 valence electrons. The van der Waals surface area contributed by atoms with Crippen LogP contribution in [-0.2, 0) is 39.8 Å². The van der Waals surface area contributed by atoms with Crippen LogP contribution in [0.4, 0.5) is 5.13 Å². The average Bonchev–Trinajstić information content (AvgIpc) is 4.08. The maximum absolute atomic E-state index is 15.5. The summed E-state index contributed by atoms with van der Waals surface area (Å²) >= 11 is 4.39. The number of esters is 1. The smallest absolute Gasteiger partial charge is 0.325 e. The third-order valence-corrected chi connectivity index (χ3v) is 19.9. The predicted molar refractivity (Wildman–Crippen MR) is 331 cm³/mol. The molecule has 14 heteroatoms. The van der Waals surface area contributed by atoms with E-state index in [4.69, 9.17) is 24.5 Å². The second kappa shape index (κ2) is 25.1. The van der Waals surface area contributed by atoms with Gasteiger partial charge in [0.1, 0.15) is 27.4 Å². The lowest BCUT2D eigenvalue weighted by Crippen LogP contribution is -2.75. The van der Waals surface area contributed by atoms with Crippen molar-refractivity contribution in [1.82, 2.24) is 15.2 Å². The molecule has 0 radical (unpaired) electrons. The third kappa shape index (κ3) is 11.4. The summed E-state index contributed by atoms with van der Waals surface area (Å²) in [5.74, 6) is 0.0547. The molecular formula is C69H61N5O6S3. The maximum atomic E-state index is 15.5. The van der Waals surface area contributed by atoms with Gasteiger partial charge in [-0.05, 0) is 52.3 Å². The molecular weight excluding hydrogens is 1090 g/mol. The van der Waals surface area contributed by atoms with Crippen molar-refractivity contribution >= 4 is 63.5 Å². The number of hydrogen-bond acceptors (Lipinski definition) is 12. The molecule has 3 fully saturated rings. The minimum absolute atomic E-state index is 0.115. The van der Waals surface area contributed by atoms with Crippen molar-refractivity contribution in [2.75, 3.05) is 36.6 Å². The van der Waals surface area contributed by atoms with Gasteiger partial charge < -0.3 is 29.8 Å². The zero-order chi connectivity index (χ0) is 56.5. The molecule has 83 heavy (non-hydrogen) atoms. The Morgan fingerprint density at radius 3 is 1.57 bits per heavy atom. The summed E-state index contributed by atoms with van der Waals surface area (Å²) in [7, 11) is 0. The van der Waals surface area contributed by atoms with E-state index in [1.54, 1.807) is 22.0 Å². The molecule has 0 spiro atoms. The second-order valence-corrected chi connectivity index (χ2v) is 24.3. The largest absolute Gasteiger partial charge is 0.451 e. The number of ether oxygens (including phenoxy) is 2. The molecule has 9 aromatic rings. The number of thiazole rings is 1. The van der Waals surface area contributed by atoms with E-state index < -0.39 is 39.3 Å². The predicted octanol–water partition coefficient (Wildman–Crippen LogP) is 12.9. The lowest BCUT2D eigenvalue weighted by molar-refractivity contribution is -0.155. The lowest BCUT2D eigenvalue weighted by Gasteiger charge is -2.54. The molecule has 4 heterocycles. The Hall–Kier alpha value is -8.27. The van der Waals surface area contributed by atoms with Crippen LogP contribution in [0.5, 0.6) is 0 Å². The minimum Gasteiger partial charge on any atom is -0.451 e. The number of benzene rings is 8. The number of β-lactam (4-membered cyclic amide) rings is 1. The normalized spacial score (nSPS) is 18.3. The van der Waals surface area contributed by atoms with Crippen LogP contribution in [0, 0.1) is 5.92 Å². The minimum atomic E-state index is -1.35. The molecule has 2 unspecified atom stereocenters. The van der Waals surface area contributed by atoms with Gasteiger partial charge in [0.25, 0.3) is 5.91 Å². The summed E-state index contributed by atoms with van der Waals surface area (Å²) in [5, 5.41) is 13.7. The van der Waals surface area contributed by atoms with Gasteiger partial charge in [-0.1, -0.05) is 248 Å². The lowest BCUT2D eigenvalue weighted by atomic mass is 9.77. The average molecular weight is 1150 g/mol. The van der Waals surface area contributed by atoms with Crippen molar-refractivity contribution in [3.05, 3.63) is 298 Å². The Morgan fingerprint density at radius 2 is 1.10 bits per heavy atom. The fourth-order valence-corrected chi connectivity index (χ4v) is 15.4. The number of carbonyl (C=O) groups is 3. The number of rotatable bonds is 20. The highest BCUT2D eigenvalue weighted by Crippen LogP contribution is 2.48. The number of amides is 2. The number of thioether (sulfide) groups is 2. The summed E-state index contributed by atoms with van der Waals surface area (Å²) in [4.78, 5) is 59.4. The van der Waals surface area contributed by atoms with Crippen LogP contribution in [0.1, 0.15) is 69.1 Å². The number of anilines is 1. The molecule has 8 aromatic carbocycles. The molecule has 11 nitrogen and oxygen atoms in total. The van der Waals surface area contributed by atoms with Crippen LogP contribution < -0.4 is 10.6 Å². The van der Waals surface area contributed by atoms with E-state index in [2.05, 4.69) is 47.0 Å². The van der Waals surface area contributed by atoms with Crippen LogP contribution in [0.3, 0.4) is 0 Å². The first-order chi connectivity index (χ1) is 40.8. The van der Waals surface area contributed by atoms with Crippen molar-refractivity contribution in [2.24, 2.45) is 11.1 Å². The van der Waals surface area contributed by atoms with E-state index in [1.807, 2.05) is 206 Å². The quantitative estimate of drug-likeness (QED) is 0.0250. The highest BCUT2D eigenvalue weighted by molar-refractivity contribution is 8.05. The van der Waals surface area contributed by atoms with Gasteiger partial charge in [-0.3, -0.25) is 14.4 Å². The van der Waals surface area contributed by atoms with Crippen LogP contribution in [0.2, 0.25) is 0 Å². The number of aromatic nitrogens is 1. The first kappa shape index (κ1) is 55.3. The van der Waals surface area contributed by atoms with Gasteiger partial charge in [0, 0.05) is 47.6 Å². The molecule has 2 amide bonds. The van der Waals surface area contributed by atoms with Crippen LogP contribution in [0.15, 0.2) is 253 Å². The van der Waals surface area contributed by atoms with Gasteiger partial charge in [-0.15, -0.1) is 34.9 Å². The number of nitrogens with zero attached hydrogens (tertiary/aromatic N) is 3. The molecule has 3 aliphatic rings. The molecule has 1 aromatic heterocycles. The molecule has 12 rings (SSSR count). The zero-order valence-corrected chi connectivity index (χ0v) is 47.9. The van der Waals surface area contributed by atoms with E-state index in [1.165, 1.54) is 23.1 Å². The third-order valence-electron chi connectivity index (χ3n) is 15.8. The highest BCUT2D eigenvalue weighted by Gasteiger charge is 2.59. The van der Waals surface area contributed by atoms with Crippen molar-refractivity contribution in [3.8, 4) is 0 Å². The fourth-order valence-electron chi connectivity index (χ4n) is 11.4. The molecule has 3 saturated heterocycles. The van der Waals surface area contributed by atoms with E-state index >= 15 is 9.59 Å². The first-order valence-electron chi connectivity index (χ1n) is 27.9. The topological polar surface area (TPSA) is 131 Å². The number of nitrogens with one attached hydrogen (secondary N) is 2. The van der Waals surface area contributed by atoms with Crippen LogP contribution in [0.25, 0.3) is 0 Å². The monoisotopic (exact) mass is 1150 g/mol. The molecule has 0 bridgehead atoms. The summed E-state index contributed by atoms with van der Waals surface area (Å²) in [5.41, 5.74) is 4.80. The fraction of sp³-hybridized carbons (Fsp3) is 0.203. The number of fused-ring (bicyclic) bond motifs is 1. The van der Waals surface area contributed by atoms with Crippen molar-refractivity contribution in [1.29, 1.82) is 0 Å². The Balaban J connectivity index is 0.897. The van der Waals surface area contributed by atoms with Crippen LogP contribution >= 0.6 is 34.9 Å². The number of carbonyl (C=O) groups excluding carboxylic acids is 3. The van der Waals surface area contributed by atoms with Gasteiger partial charge >= 0.3 is 5.97 Å². The maximum Gasteiger partial charge on any atom is 0.325 e. The van der Waals surface area contributed by atoms with Crippen molar-refractivity contribution < 1.29 is 28.7 Å². The van der Waals surface area contributed by atoms with E-state index in [0.29, 0.717) is 35.8 Å². The number of hydrogen-bond donors (Lipinski definition) is 2. The van der Waals surface area contributed by atoms with Gasteiger partial charge in [0.15, 0.2) is 16.9 Å². The van der Waals surface area contributed by atoms with E-state index in [-0.39, 0.29) is 29.8 Å². The Labute approximate surface area is 496 Å². The standard InChI is InChI=1S/C69H61N5O6S3/c75-62(71-60-63(76)74-47-67(48-82-64(60)74,83-45-49-41-43-78-44-42-49)65(77)79-61(50-25-9-1-10-26-50)51-27-11-2-12-28-51)59(73-80-69(55-35-19-6-20-36-55,56-37-21-7-22-38-56)57-39-23-8-24-40-57)58-46-81-66(70-58)72-68(52-29-13-3-14-30-52,53-31-15-4-16-32-53)54-33-17-5-18-34-54/h1-40,46,49,60-61,64H,41-45,47-48H2,(H,70,72)(H,71,75)/t60?,64-,67?/m1/s1. The number of oxime groups is 1. The Morgan fingerprint density at radius 1 is 0.651 bits per heavy atom. The molecule has 3 aliphatic heterocycles. The summed E-state index contributed by atoms with van der Waals surface area (Å²) in [6.07, 6.45) is 1.12. The molecule has 0 aliphatic carbocycles. The summed E-state index contributed by atoms with van der Waals surface area (Å²) in [6.45, 7) is 1.46. The van der Waals surface area contributed by atoms with Crippen molar-refractivity contribution in [3.63, 3.8) is 0 Å². The van der Waals surface area contributed by atoms with Crippen LogP contribution in [-0.4, -0.2) is 80.8 Å². The zero-order valence-electron chi connectivity index (χ0n) is 45.4. The van der Waals surface area contributed by atoms with Gasteiger partial charge in [0.2, 0.25) is 11.5 Å². The highest BCUT2D eigenvalue weighted by atomic mass is 32.2. The Bertz CT molecular complexity index is 3410. The molecule has 3 atom stereocenters. The first-order valence-corrected chi connectivity index (χ1v) is 30.9.